The number of nitrogens with zero attached hydrogens (tertiary/aromatic N) is 2. The number of fused-ring (bicyclic) bond motifs is 2. The average Bonchev–Trinajstić information content (AvgIpc) is 2.71. The highest BCUT2D eigenvalue weighted by molar-refractivity contribution is 6.07. The number of carbonyl (C=O) groups excluding carboxylic acids is 1. The molecule has 3 aromatic carbocycles. The summed E-state index contributed by atoms with van der Waals surface area (Å²) in [7, 11) is 2.11. The molecule has 0 aliphatic carbocycles. The van der Waals surface area contributed by atoms with Gasteiger partial charge in [0.2, 0.25) is 0 Å². The molecule has 0 aromatic heterocycles. The number of anilines is 1. The molecule has 29 heavy (non-hydrogen) atoms. The van der Waals surface area contributed by atoms with Crippen LogP contribution in [-0.2, 0) is 0 Å². The Balaban J connectivity index is 1.55. The Labute approximate surface area is 171 Å². The normalized spacial score (nSPS) is 15.3. The topological polar surface area (TPSA) is 44.7 Å². The lowest BCUT2D eigenvalue weighted by molar-refractivity contribution is 0.0957. The van der Waals surface area contributed by atoms with Gasteiger partial charge in [0, 0.05) is 23.9 Å². The van der Waals surface area contributed by atoms with Crippen LogP contribution in [0, 0.1) is 0 Å². The second kappa shape index (κ2) is 7.21. The van der Waals surface area contributed by atoms with Crippen LogP contribution >= 0.6 is 0 Å². The molecule has 0 fully saturated rings. The van der Waals surface area contributed by atoms with Gasteiger partial charge in [0.25, 0.3) is 5.91 Å². The molecule has 0 saturated heterocycles. The van der Waals surface area contributed by atoms with Gasteiger partial charge < -0.3 is 4.90 Å². The molecule has 3 aromatic rings. The summed E-state index contributed by atoms with van der Waals surface area (Å²) in [5.74, 6) is -0.214. The van der Waals surface area contributed by atoms with E-state index in [1.54, 1.807) is 6.21 Å². The van der Waals surface area contributed by atoms with Gasteiger partial charge in [0.05, 0.1) is 11.8 Å². The van der Waals surface area contributed by atoms with E-state index >= 15 is 0 Å². The number of amides is 1. The van der Waals surface area contributed by atoms with Crippen molar-refractivity contribution in [2.45, 2.75) is 26.3 Å². The first kappa shape index (κ1) is 18.9. The Morgan fingerprint density at radius 1 is 1.07 bits per heavy atom. The lowest BCUT2D eigenvalue weighted by Crippen LogP contribution is -2.42. The smallest absolute Gasteiger partial charge is 0.271 e. The molecule has 146 valence electrons. The molecular formula is C25H25N3O. The van der Waals surface area contributed by atoms with Crippen LogP contribution in [0.25, 0.3) is 16.3 Å². The Hall–Kier alpha value is -3.40. The number of hydrogen-bond acceptors (Lipinski definition) is 3. The summed E-state index contributed by atoms with van der Waals surface area (Å²) < 4.78 is 0. The number of benzene rings is 3. The molecule has 4 rings (SSSR count). The lowest BCUT2D eigenvalue weighted by atomic mass is 9.89. The van der Waals surface area contributed by atoms with Crippen molar-refractivity contribution in [3.8, 4) is 0 Å². The van der Waals surface area contributed by atoms with E-state index in [1.807, 2.05) is 48.5 Å². The van der Waals surface area contributed by atoms with E-state index in [-0.39, 0.29) is 11.4 Å². The molecule has 0 unspecified atom stereocenters. The predicted octanol–water partition coefficient (Wildman–Crippen LogP) is 5.24. The quantitative estimate of drug-likeness (QED) is 0.497. The van der Waals surface area contributed by atoms with E-state index in [1.165, 1.54) is 16.8 Å². The fraction of sp³-hybridized carbons (Fsp3) is 0.200. The SMILES string of the molecule is CC1=CC(C)(C)N(C)c2ccc(/C=N\NC(=O)c3cccc4ccccc34)cc21. The zero-order valence-corrected chi connectivity index (χ0v) is 17.2. The van der Waals surface area contributed by atoms with Gasteiger partial charge in [0.15, 0.2) is 0 Å². The Morgan fingerprint density at radius 3 is 2.66 bits per heavy atom. The maximum Gasteiger partial charge on any atom is 0.271 e. The zero-order chi connectivity index (χ0) is 20.6. The van der Waals surface area contributed by atoms with E-state index in [0.29, 0.717) is 5.56 Å². The zero-order valence-electron chi connectivity index (χ0n) is 17.2. The average molecular weight is 383 g/mol. The van der Waals surface area contributed by atoms with Crippen LogP contribution in [0.1, 0.15) is 42.3 Å². The van der Waals surface area contributed by atoms with Gasteiger partial charge in [-0.1, -0.05) is 48.5 Å². The highest BCUT2D eigenvalue weighted by Crippen LogP contribution is 2.37. The molecular weight excluding hydrogens is 358 g/mol. The van der Waals surface area contributed by atoms with Crippen LogP contribution in [0.15, 0.2) is 71.8 Å². The van der Waals surface area contributed by atoms with Crippen molar-refractivity contribution in [1.82, 2.24) is 5.43 Å². The number of rotatable bonds is 3. The van der Waals surface area contributed by atoms with Crippen LogP contribution in [-0.4, -0.2) is 24.7 Å². The van der Waals surface area contributed by atoms with Gasteiger partial charge in [-0.3, -0.25) is 4.79 Å². The van der Waals surface area contributed by atoms with E-state index in [4.69, 9.17) is 0 Å². The van der Waals surface area contributed by atoms with Crippen molar-refractivity contribution < 1.29 is 4.79 Å². The number of allylic oxidation sites excluding steroid dienone is 1. The second-order valence-electron chi connectivity index (χ2n) is 8.04. The van der Waals surface area contributed by atoms with Crippen LogP contribution < -0.4 is 10.3 Å². The summed E-state index contributed by atoms with van der Waals surface area (Å²) in [4.78, 5) is 14.9. The maximum atomic E-state index is 12.6. The van der Waals surface area contributed by atoms with Gasteiger partial charge >= 0.3 is 0 Å². The Bertz CT molecular complexity index is 1150. The van der Waals surface area contributed by atoms with E-state index < -0.39 is 0 Å². The molecule has 1 heterocycles. The summed E-state index contributed by atoms with van der Waals surface area (Å²) in [6.07, 6.45) is 3.97. The summed E-state index contributed by atoms with van der Waals surface area (Å²) in [5, 5.41) is 6.14. The molecule has 1 aliphatic rings. The number of nitrogens with one attached hydrogen (secondary N) is 1. The van der Waals surface area contributed by atoms with Gasteiger partial charge in [0.1, 0.15) is 0 Å². The molecule has 0 radical (unpaired) electrons. The first-order valence-corrected chi connectivity index (χ1v) is 9.76. The van der Waals surface area contributed by atoms with E-state index in [9.17, 15) is 4.79 Å². The molecule has 0 spiro atoms. The fourth-order valence-corrected chi connectivity index (χ4v) is 3.91. The predicted molar refractivity (Wildman–Crippen MR) is 122 cm³/mol. The van der Waals surface area contributed by atoms with Crippen LogP contribution in [0.3, 0.4) is 0 Å². The number of carbonyl (C=O) groups is 1. The van der Waals surface area contributed by atoms with Crippen LogP contribution in [0.2, 0.25) is 0 Å². The van der Waals surface area contributed by atoms with Gasteiger partial charge in [-0.2, -0.15) is 5.10 Å². The summed E-state index contributed by atoms with van der Waals surface area (Å²) >= 11 is 0. The lowest BCUT2D eigenvalue weighted by Gasteiger charge is -2.40. The van der Waals surface area contributed by atoms with Gasteiger partial charge in [-0.25, -0.2) is 5.43 Å². The largest absolute Gasteiger partial charge is 0.366 e. The standard InChI is InChI=1S/C25H25N3O/c1-17-15-25(2,3)28(4)23-13-12-18(14-22(17)23)16-26-27-24(29)21-11-7-9-19-8-5-6-10-20(19)21/h5-16H,1-4H3,(H,27,29)/b26-16-. The first-order chi connectivity index (χ1) is 13.9. The van der Waals surface area contributed by atoms with Crippen molar-refractivity contribution >= 4 is 34.2 Å². The Morgan fingerprint density at radius 2 is 1.83 bits per heavy atom. The van der Waals surface area contributed by atoms with Crippen LogP contribution in [0.5, 0.6) is 0 Å². The number of likely N-dealkylation sites (N-methyl/N-ethyl adjacent to an activating group) is 1. The Kier molecular flexibility index (Phi) is 4.71. The summed E-state index contributed by atoms with van der Waals surface area (Å²) in [5.41, 5.74) is 7.85. The highest BCUT2D eigenvalue weighted by Gasteiger charge is 2.28. The van der Waals surface area contributed by atoms with Crippen molar-refractivity contribution in [1.29, 1.82) is 0 Å². The molecule has 0 saturated carbocycles. The van der Waals surface area contributed by atoms with Crippen molar-refractivity contribution in [2.24, 2.45) is 5.10 Å². The maximum absolute atomic E-state index is 12.6. The monoisotopic (exact) mass is 383 g/mol. The molecule has 0 bridgehead atoms. The molecule has 0 atom stereocenters. The third kappa shape index (κ3) is 3.54. The minimum absolute atomic E-state index is 0.0148. The second-order valence-corrected chi connectivity index (χ2v) is 8.04. The molecule has 4 heteroatoms. The van der Waals surface area contributed by atoms with E-state index in [2.05, 4.69) is 61.5 Å². The third-order valence-corrected chi connectivity index (χ3v) is 5.65. The third-order valence-electron chi connectivity index (χ3n) is 5.65. The van der Waals surface area contributed by atoms with Crippen LogP contribution in [0.4, 0.5) is 5.69 Å². The molecule has 1 amide bonds. The summed E-state index contributed by atoms with van der Waals surface area (Å²) in [6, 6.07) is 19.8. The highest BCUT2D eigenvalue weighted by atomic mass is 16.2. The fourth-order valence-electron chi connectivity index (χ4n) is 3.91. The molecule has 1 aliphatic heterocycles. The van der Waals surface area contributed by atoms with Crippen molar-refractivity contribution in [3.63, 3.8) is 0 Å². The minimum Gasteiger partial charge on any atom is -0.366 e. The minimum atomic E-state index is -0.214. The van der Waals surface area contributed by atoms with Gasteiger partial charge in [-0.05, 0) is 60.9 Å². The van der Waals surface area contributed by atoms with Gasteiger partial charge in [-0.15, -0.1) is 0 Å². The van der Waals surface area contributed by atoms with E-state index in [0.717, 1.165) is 16.3 Å². The first-order valence-electron chi connectivity index (χ1n) is 9.76. The number of hydrazone groups is 1. The molecule has 4 nitrogen and oxygen atoms in total. The van der Waals surface area contributed by atoms with Crippen molar-refractivity contribution in [3.05, 3.63) is 83.4 Å². The number of hydrogen-bond donors (Lipinski definition) is 1. The summed E-state index contributed by atoms with van der Waals surface area (Å²) in [6.45, 7) is 6.55. The molecule has 1 N–H and O–H groups in total. The van der Waals surface area contributed by atoms with Crippen molar-refractivity contribution in [2.75, 3.05) is 11.9 Å².